The van der Waals surface area contributed by atoms with Gasteiger partial charge in [-0.25, -0.2) is 14.3 Å². The van der Waals surface area contributed by atoms with E-state index in [1.54, 1.807) is 23.4 Å². The van der Waals surface area contributed by atoms with Gasteiger partial charge >= 0.3 is 6.18 Å². The number of hydrogen-bond acceptors (Lipinski definition) is 6. The van der Waals surface area contributed by atoms with Crippen LogP contribution in [0.5, 0.6) is 0 Å². The highest BCUT2D eigenvalue weighted by Crippen LogP contribution is 2.29. The molecule has 1 fully saturated rings. The van der Waals surface area contributed by atoms with Gasteiger partial charge in [-0.15, -0.1) is 5.10 Å². The fourth-order valence-corrected chi connectivity index (χ4v) is 3.23. The van der Waals surface area contributed by atoms with Gasteiger partial charge in [-0.1, -0.05) is 0 Å². The van der Waals surface area contributed by atoms with E-state index >= 15 is 0 Å². The number of piperazine rings is 1. The van der Waals surface area contributed by atoms with Crippen molar-refractivity contribution in [2.24, 2.45) is 0 Å². The van der Waals surface area contributed by atoms with E-state index in [0.29, 0.717) is 37.8 Å². The van der Waals surface area contributed by atoms with Gasteiger partial charge in [-0.2, -0.15) is 18.3 Å². The van der Waals surface area contributed by atoms with Crippen molar-refractivity contribution in [3.05, 3.63) is 64.8 Å². The molecule has 31 heavy (non-hydrogen) atoms. The van der Waals surface area contributed by atoms with Crippen molar-refractivity contribution in [3.8, 4) is 5.82 Å². The van der Waals surface area contributed by atoms with Crippen molar-refractivity contribution in [1.82, 2.24) is 29.4 Å². The molecule has 1 aliphatic heterocycles. The molecule has 0 spiro atoms. The van der Waals surface area contributed by atoms with Crippen LogP contribution in [0.15, 0.2) is 53.7 Å². The topological polar surface area (TPSA) is 89.1 Å². The lowest BCUT2D eigenvalue weighted by Gasteiger charge is -2.35. The molecule has 1 aliphatic rings. The van der Waals surface area contributed by atoms with Crippen molar-refractivity contribution in [2.75, 3.05) is 31.1 Å². The first-order valence-electron chi connectivity index (χ1n) is 9.45. The van der Waals surface area contributed by atoms with Crippen LogP contribution >= 0.6 is 0 Å². The molecule has 0 bridgehead atoms. The normalized spacial score (nSPS) is 14.7. The Morgan fingerprint density at radius 2 is 1.77 bits per heavy atom. The molecule has 3 aromatic heterocycles. The monoisotopic (exact) mass is 433 g/mol. The molecule has 12 heteroatoms. The predicted molar refractivity (Wildman–Crippen MR) is 104 cm³/mol. The first kappa shape index (κ1) is 20.6. The number of halogens is 3. The lowest BCUT2D eigenvalue weighted by atomic mass is 10.2. The number of nitrogens with zero attached hydrogens (tertiary/aromatic N) is 7. The van der Waals surface area contributed by atoms with Gasteiger partial charge < -0.3 is 9.80 Å². The van der Waals surface area contributed by atoms with Crippen LogP contribution in [0, 0.1) is 0 Å². The van der Waals surface area contributed by atoms with Gasteiger partial charge in [-0.3, -0.25) is 9.59 Å². The van der Waals surface area contributed by atoms with Gasteiger partial charge in [0.15, 0.2) is 5.82 Å². The summed E-state index contributed by atoms with van der Waals surface area (Å²) in [4.78, 5) is 32.1. The molecule has 0 radical (unpaired) electrons. The number of rotatable bonds is 4. The lowest BCUT2D eigenvalue weighted by Crippen LogP contribution is -2.50. The fraction of sp³-hybridized carbons (Fsp3) is 0.316. The van der Waals surface area contributed by atoms with Gasteiger partial charge in [0.2, 0.25) is 5.91 Å². The molecular formula is C19H18F3N7O2. The summed E-state index contributed by atoms with van der Waals surface area (Å²) in [5, 5.41) is 8.24. The number of alkyl halides is 3. The first-order chi connectivity index (χ1) is 14.8. The molecule has 1 amide bonds. The number of anilines is 1. The average Bonchev–Trinajstić information content (AvgIpc) is 3.30. The van der Waals surface area contributed by atoms with Crippen molar-refractivity contribution in [1.29, 1.82) is 0 Å². The van der Waals surface area contributed by atoms with Crippen LogP contribution in [0.1, 0.15) is 5.56 Å². The Labute approximate surface area is 174 Å². The summed E-state index contributed by atoms with van der Waals surface area (Å²) in [7, 11) is 0. The molecule has 0 aliphatic carbocycles. The number of aromatic nitrogens is 5. The highest BCUT2D eigenvalue weighted by molar-refractivity contribution is 5.76. The number of carbonyl (C=O) groups excluding carboxylic acids is 1. The minimum absolute atomic E-state index is 0.216. The molecule has 9 nitrogen and oxygen atoms in total. The second kappa shape index (κ2) is 8.20. The third-order valence-corrected chi connectivity index (χ3v) is 4.91. The van der Waals surface area contributed by atoms with Crippen molar-refractivity contribution in [3.63, 3.8) is 0 Å². The lowest BCUT2D eigenvalue weighted by molar-refractivity contribution is -0.138. The number of hydrogen-bond donors (Lipinski definition) is 0. The van der Waals surface area contributed by atoms with Crippen LogP contribution in [0.4, 0.5) is 19.0 Å². The van der Waals surface area contributed by atoms with Gasteiger partial charge in [0, 0.05) is 50.8 Å². The third kappa shape index (κ3) is 4.57. The van der Waals surface area contributed by atoms with E-state index in [-0.39, 0.29) is 12.5 Å². The van der Waals surface area contributed by atoms with Crippen molar-refractivity contribution in [2.45, 2.75) is 12.7 Å². The third-order valence-electron chi connectivity index (χ3n) is 4.91. The maximum atomic E-state index is 12.7. The highest BCUT2D eigenvalue weighted by atomic mass is 19.4. The molecule has 162 valence electrons. The Morgan fingerprint density at radius 3 is 2.39 bits per heavy atom. The van der Waals surface area contributed by atoms with Crippen LogP contribution in [0.3, 0.4) is 0 Å². The fourth-order valence-electron chi connectivity index (χ4n) is 3.23. The second-order valence-electron chi connectivity index (χ2n) is 6.91. The van der Waals surface area contributed by atoms with Crippen LogP contribution in [0.25, 0.3) is 5.82 Å². The standard InChI is InChI=1S/C19H18F3N7O2/c20-19(21,22)14-2-3-15(23-12-14)26-8-10-27(11-9-26)18(31)13-29-17(30)5-4-16(25-29)28-7-1-6-24-28/h1-7,12H,8-11,13H2. The quantitative estimate of drug-likeness (QED) is 0.614. The van der Waals surface area contributed by atoms with E-state index in [1.165, 1.54) is 22.9 Å². The second-order valence-corrected chi connectivity index (χ2v) is 6.91. The zero-order valence-corrected chi connectivity index (χ0v) is 16.2. The summed E-state index contributed by atoms with van der Waals surface area (Å²) in [5.74, 6) is 0.563. The molecule has 0 unspecified atom stereocenters. The van der Waals surface area contributed by atoms with E-state index in [2.05, 4.69) is 15.2 Å². The minimum atomic E-state index is -4.43. The molecule has 0 N–H and O–H groups in total. The van der Waals surface area contributed by atoms with Crippen molar-refractivity contribution < 1.29 is 18.0 Å². The molecule has 4 heterocycles. The first-order valence-corrected chi connectivity index (χ1v) is 9.45. The summed E-state index contributed by atoms with van der Waals surface area (Å²) in [5.41, 5.74) is -1.21. The average molecular weight is 433 g/mol. The Balaban J connectivity index is 1.38. The van der Waals surface area contributed by atoms with Gasteiger partial charge in [0.05, 0.1) is 5.56 Å². The molecule has 0 atom stereocenters. The SMILES string of the molecule is O=C(Cn1nc(-n2cccn2)ccc1=O)N1CCN(c2ccc(C(F)(F)F)cn2)CC1. The Morgan fingerprint density at radius 1 is 1.03 bits per heavy atom. The molecule has 1 saturated heterocycles. The predicted octanol–water partition coefficient (Wildman–Crippen LogP) is 1.19. The molecule has 0 aromatic carbocycles. The Kier molecular flexibility index (Phi) is 5.44. The van der Waals surface area contributed by atoms with Gasteiger partial charge in [-0.05, 0) is 24.3 Å². The minimum Gasteiger partial charge on any atom is -0.353 e. The smallest absolute Gasteiger partial charge is 0.353 e. The molecule has 0 saturated carbocycles. The highest BCUT2D eigenvalue weighted by Gasteiger charge is 2.31. The summed E-state index contributed by atoms with van der Waals surface area (Å²) in [6.07, 6.45) is -0.379. The van der Waals surface area contributed by atoms with Gasteiger partial charge in [0.1, 0.15) is 12.4 Å². The molecule has 4 rings (SSSR count). The van der Waals surface area contributed by atoms with Crippen LogP contribution in [0.2, 0.25) is 0 Å². The maximum Gasteiger partial charge on any atom is 0.417 e. The van der Waals surface area contributed by atoms with Gasteiger partial charge in [0.25, 0.3) is 5.56 Å². The van der Waals surface area contributed by atoms with E-state index in [0.717, 1.165) is 16.9 Å². The Bertz CT molecular complexity index is 1100. The van der Waals surface area contributed by atoms with Crippen molar-refractivity contribution >= 4 is 11.7 Å². The summed E-state index contributed by atoms with van der Waals surface area (Å²) in [6.45, 7) is 1.33. The van der Waals surface area contributed by atoms with Crippen LogP contribution < -0.4 is 10.5 Å². The van der Waals surface area contributed by atoms with E-state index < -0.39 is 17.3 Å². The van der Waals surface area contributed by atoms with Crippen LogP contribution in [-0.4, -0.2) is 61.5 Å². The number of carbonyl (C=O) groups is 1. The van der Waals surface area contributed by atoms with E-state index in [1.807, 2.05) is 4.90 Å². The Hall–Kier alpha value is -3.70. The zero-order valence-electron chi connectivity index (χ0n) is 16.2. The number of pyridine rings is 1. The zero-order chi connectivity index (χ0) is 22.0. The van der Waals surface area contributed by atoms with Crippen LogP contribution in [-0.2, 0) is 17.5 Å². The summed E-state index contributed by atoms with van der Waals surface area (Å²) < 4.78 is 40.6. The van der Waals surface area contributed by atoms with E-state index in [4.69, 9.17) is 0 Å². The largest absolute Gasteiger partial charge is 0.417 e. The van der Waals surface area contributed by atoms with E-state index in [9.17, 15) is 22.8 Å². The summed E-state index contributed by atoms with van der Waals surface area (Å²) in [6, 6.07) is 6.88. The maximum absolute atomic E-state index is 12.7. The molecular weight excluding hydrogens is 415 g/mol. The molecule has 3 aromatic rings. The number of amides is 1. The summed E-state index contributed by atoms with van der Waals surface area (Å²) >= 11 is 0.